The number of nitrogens with zero attached hydrogens (tertiary/aromatic N) is 1. The molecule has 28 heavy (non-hydrogen) atoms. The van der Waals surface area contributed by atoms with Crippen molar-refractivity contribution in [3.63, 3.8) is 0 Å². The first kappa shape index (κ1) is 19.7. The number of halogens is 1. The number of carbonyl (C=O) groups excluding carboxylic acids is 4. The molecule has 1 fully saturated rings. The molecule has 1 aliphatic heterocycles. The molecule has 1 aromatic carbocycles. The summed E-state index contributed by atoms with van der Waals surface area (Å²) in [6.45, 7) is -0.317. The number of likely N-dealkylation sites (tertiary alicyclic amines) is 1. The topological polar surface area (TPSA) is 92.8 Å². The Bertz CT molecular complexity index is 779. The van der Waals surface area contributed by atoms with Gasteiger partial charge in [0.25, 0.3) is 5.91 Å². The summed E-state index contributed by atoms with van der Waals surface area (Å²) >= 11 is 0. The van der Waals surface area contributed by atoms with Crippen LogP contribution in [0.3, 0.4) is 0 Å². The molecule has 0 radical (unpaired) electrons. The smallest absolute Gasteiger partial charge is 0.308 e. The highest BCUT2D eigenvalue weighted by atomic mass is 19.1. The standard InChI is InChI=1S/C20H21FN2O5/c21-14-7-5-13(6-8-14)11-22-17(24)12-28-18(25)9-10-23-19(26)15-3-1-2-4-16(15)20(23)27/h1-2,5-8,15-16H,3-4,9-12H2,(H,22,24)/t15-,16-/m1/s1. The van der Waals surface area contributed by atoms with E-state index < -0.39 is 18.5 Å². The quantitative estimate of drug-likeness (QED) is 0.432. The van der Waals surface area contributed by atoms with Crippen LogP contribution in [-0.2, 0) is 30.5 Å². The van der Waals surface area contributed by atoms with Crippen LogP contribution in [0.25, 0.3) is 0 Å². The van der Waals surface area contributed by atoms with Crippen molar-refractivity contribution in [2.24, 2.45) is 11.8 Å². The first-order chi connectivity index (χ1) is 13.5. The summed E-state index contributed by atoms with van der Waals surface area (Å²) in [6.07, 6.45) is 4.73. The second-order valence-electron chi connectivity index (χ2n) is 6.80. The van der Waals surface area contributed by atoms with Crippen molar-refractivity contribution >= 4 is 23.7 Å². The zero-order chi connectivity index (χ0) is 20.1. The highest BCUT2D eigenvalue weighted by molar-refractivity contribution is 6.05. The van der Waals surface area contributed by atoms with Gasteiger partial charge in [0.2, 0.25) is 11.8 Å². The minimum Gasteiger partial charge on any atom is -0.456 e. The molecule has 1 aromatic rings. The molecular formula is C20H21FN2O5. The van der Waals surface area contributed by atoms with Gasteiger partial charge in [-0.15, -0.1) is 0 Å². The van der Waals surface area contributed by atoms with Crippen molar-refractivity contribution in [3.8, 4) is 0 Å². The van der Waals surface area contributed by atoms with Gasteiger partial charge in [0.15, 0.2) is 6.61 Å². The molecule has 0 bridgehead atoms. The molecule has 1 N–H and O–H groups in total. The average Bonchev–Trinajstić information content (AvgIpc) is 2.95. The molecular weight excluding hydrogens is 367 g/mol. The summed E-state index contributed by atoms with van der Waals surface area (Å²) in [4.78, 5) is 49.3. The summed E-state index contributed by atoms with van der Waals surface area (Å²) in [5.74, 6) is -2.67. The summed E-state index contributed by atoms with van der Waals surface area (Å²) in [6, 6.07) is 5.65. The van der Waals surface area contributed by atoms with Crippen molar-refractivity contribution in [1.29, 1.82) is 0 Å². The molecule has 2 aliphatic rings. The highest BCUT2D eigenvalue weighted by Gasteiger charge is 2.46. The number of allylic oxidation sites excluding steroid dienone is 2. The Balaban J connectivity index is 1.37. The zero-order valence-electron chi connectivity index (χ0n) is 15.2. The molecule has 148 valence electrons. The van der Waals surface area contributed by atoms with Crippen molar-refractivity contribution < 1.29 is 28.3 Å². The van der Waals surface area contributed by atoms with Crippen LogP contribution >= 0.6 is 0 Å². The fourth-order valence-corrected chi connectivity index (χ4v) is 3.36. The number of hydrogen-bond acceptors (Lipinski definition) is 5. The molecule has 0 saturated carbocycles. The predicted molar refractivity (Wildman–Crippen MR) is 95.9 cm³/mol. The lowest BCUT2D eigenvalue weighted by Crippen LogP contribution is -2.34. The monoisotopic (exact) mass is 388 g/mol. The lowest BCUT2D eigenvalue weighted by Gasteiger charge is -2.14. The van der Waals surface area contributed by atoms with Crippen molar-refractivity contribution in [2.45, 2.75) is 25.8 Å². The van der Waals surface area contributed by atoms with Gasteiger partial charge in [-0.25, -0.2) is 4.39 Å². The van der Waals surface area contributed by atoms with Crippen molar-refractivity contribution in [1.82, 2.24) is 10.2 Å². The molecule has 0 unspecified atom stereocenters. The number of hydrogen-bond donors (Lipinski definition) is 1. The first-order valence-electron chi connectivity index (χ1n) is 9.12. The number of benzene rings is 1. The molecule has 0 spiro atoms. The second kappa shape index (κ2) is 8.77. The van der Waals surface area contributed by atoms with Crippen LogP contribution in [0.1, 0.15) is 24.8 Å². The van der Waals surface area contributed by atoms with Crippen LogP contribution in [-0.4, -0.2) is 41.7 Å². The van der Waals surface area contributed by atoms with E-state index in [0.717, 1.165) is 4.90 Å². The number of carbonyl (C=O) groups is 4. The Morgan fingerprint density at radius 2 is 1.68 bits per heavy atom. The van der Waals surface area contributed by atoms with Gasteiger partial charge >= 0.3 is 5.97 Å². The lowest BCUT2D eigenvalue weighted by atomic mass is 9.85. The van der Waals surface area contributed by atoms with Gasteiger partial charge in [0.1, 0.15) is 5.82 Å². The van der Waals surface area contributed by atoms with Crippen LogP contribution in [0, 0.1) is 17.7 Å². The Morgan fingerprint density at radius 3 is 2.29 bits per heavy atom. The normalized spacial score (nSPS) is 20.8. The fraction of sp³-hybridized carbons (Fsp3) is 0.400. The van der Waals surface area contributed by atoms with E-state index >= 15 is 0 Å². The second-order valence-corrected chi connectivity index (χ2v) is 6.80. The number of fused-ring (bicyclic) bond motifs is 1. The van der Waals surface area contributed by atoms with Gasteiger partial charge < -0.3 is 10.1 Å². The average molecular weight is 388 g/mol. The van der Waals surface area contributed by atoms with Crippen LogP contribution in [0.15, 0.2) is 36.4 Å². The number of ether oxygens (including phenoxy) is 1. The van der Waals surface area contributed by atoms with Crippen molar-refractivity contribution in [2.75, 3.05) is 13.2 Å². The third-order valence-electron chi connectivity index (χ3n) is 4.91. The Morgan fingerprint density at radius 1 is 1.07 bits per heavy atom. The predicted octanol–water partition coefficient (Wildman–Crippen LogP) is 1.33. The van der Waals surface area contributed by atoms with E-state index in [2.05, 4.69) is 5.32 Å². The van der Waals surface area contributed by atoms with Crippen molar-refractivity contribution in [3.05, 3.63) is 47.8 Å². The Labute approximate surface area is 161 Å². The molecule has 0 aromatic heterocycles. The zero-order valence-corrected chi connectivity index (χ0v) is 15.2. The van der Waals surface area contributed by atoms with Gasteiger partial charge in [-0.1, -0.05) is 24.3 Å². The number of rotatable bonds is 7. The SMILES string of the molecule is O=C(COC(=O)CCN1C(=O)[C@@H]2CC=CC[C@H]2C1=O)NCc1ccc(F)cc1. The fourth-order valence-electron chi connectivity index (χ4n) is 3.36. The maximum Gasteiger partial charge on any atom is 0.308 e. The van der Waals surface area contributed by atoms with Gasteiger partial charge in [0.05, 0.1) is 18.3 Å². The molecule has 1 heterocycles. The minimum atomic E-state index is -0.662. The number of imide groups is 1. The molecule has 1 aliphatic carbocycles. The molecule has 2 atom stereocenters. The van der Waals surface area contributed by atoms with E-state index in [4.69, 9.17) is 4.74 Å². The summed E-state index contributed by atoms with van der Waals surface area (Å²) in [5, 5.41) is 2.55. The van der Waals surface area contributed by atoms with E-state index in [1.54, 1.807) is 12.1 Å². The molecule has 3 amide bonds. The highest BCUT2D eigenvalue weighted by Crippen LogP contribution is 2.34. The summed E-state index contributed by atoms with van der Waals surface area (Å²) in [7, 11) is 0. The van der Waals surface area contributed by atoms with Crippen LogP contribution in [0.5, 0.6) is 0 Å². The van der Waals surface area contributed by atoms with E-state index in [9.17, 15) is 23.6 Å². The first-order valence-corrected chi connectivity index (χ1v) is 9.12. The minimum absolute atomic E-state index is 0.0410. The Hall–Kier alpha value is -3.03. The number of amides is 3. The van der Waals surface area contributed by atoms with E-state index in [1.165, 1.54) is 12.1 Å². The summed E-state index contributed by atoms with van der Waals surface area (Å²) in [5.41, 5.74) is 0.711. The third kappa shape index (κ3) is 4.62. The van der Waals surface area contributed by atoms with E-state index in [0.29, 0.717) is 18.4 Å². The lowest BCUT2D eigenvalue weighted by molar-refractivity contribution is -0.150. The van der Waals surface area contributed by atoms with Gasteiger partial charge in [-0.05, 0) is 30.5 Å². The maximum atomic E-state index is 12.8. The molecule has 8 heteroatoms. The maximum absolute atomic E-state index is 12.8. The molecule has 1 saturated heterocycles. The summed E-state index contributed by atoms with van der Waals surface area (Å²) < 4.78 is 17.7. The van der Waals surface area contributed by atoms with Crippen LogP contribution in [0.4, 0.5) is 4.39 Å². The van der Waals surface area contributed by atoms with Crippen LogP contribution < -0.4 is 5.32 Å². The largest absolute Gasteiger partial charge is 0.456 e. The molecule has 3 rings (SSSR count). The Kier molecular flexibility index (Phi) is 6.18. The van der Waals surface area contributed by atoms with Gasteiger partial charge in [0, 0.05) is 13.1 Å². The number of esters is 1. The van der Waals surface area contributed by atoms with E-state index in [1.807, 2.05) is 12.2 Å². The van der Waals surface area contributed by atoms with Gasteiger partial charge in [-0.3, -0.25) is 24.1 Å². The molecule has 7 nitrogen and oxygen atoms in total. The van der Waals surface area contributed by atoms with Crippen LogP contribution in [0.2, 0.25) is 0 Å². The van der Waals surface area contributed by atoms with Gasteiger partial charge in [-0.2, -0.15) is 0 Å². The van der Waals surface area contributed by atoms with E-state index in [-0.39, 0.29) is 49.0 Å². The number of nitrogens with one attached hydrogen (secondary N) is 1. The third-order valence-corrected chi connectivity index (χ3v) is 4.91.